The number of aryl methyl sites for hydroxylation is 1. The van der Waals surface area contributed by atoms with Gasteiger partial charge in [0.1, 0.15) is 0 Å². The van der Waals surface area contributed by atoms with E-state index in [0.717, 1.165) is 46.1 Å². The lowest BCUT2D eigenvalue weighted by Crippen LogP contribution is -2.48. The van der Waals surface area contributed by atoms with Gasteiger partial charge in [0.2, 0.25) is 0 Å². The van der Waals surface area contributed by atoms with E-state index < -0.39 is 0 Å². The van der Waals surface area contributed by atoms with E-state index in [-0.39, 0.29) is 18.1 Å². The van der Waals surface area contributed by atoms with Crippen LogP contribution in [0.2, 0.25) is 0 Å². The lowest BCUT2D eigenvalue weighted by molar-refractivity contribution is -0.0586. The van der Waals surface area contributed by atoms with Crippen LogP contribution in [0, 0.1) is 0 Å². The second-order valence-corrected chi connectivity index (χ2v) is 9.46. The van der Waals surface area contributed by atoms with Gasteiger partial charge in [-0.15, -0.1) is 0 Å². The van der Waals surface area contributed by atoms with Gasteiger partial charge in [-0.3, -0.25) is 9.89 Å². The second-order valence-electron chi connectivity index (χ2n) is 9.46. The quantitative estimate of drug-likeness (QED) is 0.481. The first-order valence-electron chi connectivity index (χ1n) is 11.9. The van der Waals surface area contributed by atoms with E-state index in [9.17, 15) is 4.79 Å². The van der Waals surface area contributed by atoms with Crippen molar-refractivity contribution in [2.24, 2.45) is 0 Å². The van der Waals surface area contributed by atoms with Crippen molar-refractivity contribution in [2.45, 2.75) is 51.7 Å². The molecule has 3 heterocycles. The van der Waals surface area contributed by atoms with Gasteiger partial charge in [-0.2, -0.15) is 5.10 Å². The van der Waals surface area contributed by atoms with Crippen molar-refractivity contribution in [3.05, 3.63) is 59.3 Å². The average molecular weight is 441 g/mol. The number of ether oxygens (including phenoxy) is 1. The third kappa shape index (κ3) is 3.49. The number of morpholine rings is 1. The molecule has 2 atom stereocenters. The van der Waals surface area contributed by atoms with Gasteiger partial charge in [0, 0.05) is 35.0 Å². The largest absolute Gasteiger partial charge is 0.372 e. The molecule has 1 N–H and O–H groups in total. The maximum absolute atomic E-state index is 13.1. The molecular weight excluding hydrogens is 412 g/mol. The highest BCUT2D eigenvalue weighted by Gasteiger charge is 2.27. The summed E-state index contributed by atoms with van der Waals surface area (Å²) in [4.78, 5) is 20.1. The molecule has 2 aliphatic rings. The van der Waals surface area contributed by atoms with Gasteiger partial charge in [0.15, 0.2) is 0 Å². The number of benzene rings is 2. The molecule has 0 bridgehead atoms. The van der Waals surface area contributed by atoms with E-state index in [0.29, 0.717) is 13.1 Å². The third-order valence-corrected chi connectivity index (χ3v) is 7.00. The molecule has 2 aromatic heterocycles. The first kappa shape index (κ1) is 20.4. The fourth-order valence-corrected chi connectivity index (χ4v) is 5.58. The minimum atomic E-state index is 0.0620. The van der Waals surface area contributed by atoms with E-state index in [4.69, 9.17) is 9.72 Å². The van der Waals surface area contributed by atoms with Gasteiger partial charge in [0.05, 0.1) is 35.1 Å². The predicted octanol–water partition coefficient (Wildman–Crippen LogP) is 4.91. The van der Waals surface area contributed by atoms with E-state index in [1.165, 1.54) is 29.4 Å². The third-order valence-electron chi connectivity index (χ3n) is 7.00. The molecule has 6 heteroatoms. The Bertz CT molecular complexity index is 1350. The summed E-state index contributed by atoms with van der Waals surface area (Å²) in [6.45, 7) is 5.30. The molecule has 6 rings (SSSR count). The topological polar surface area (TPSA) is 71.1 Å². The summed E-state index contributed by atoms with van der Waals surface area (Å²) < 4.78 is 5.78. The van der Waals surface area contributed by atoms with Gasteiger partial charge < -0.3 is 9.64 Å². The minimum absolute atomic E-state index is 0.0620. The second kappa shape index (κ2) is 7.96. The van der Waals surface area contributed by atoms with E-state index >= 15 is 0 Å². The number of nitrogens with zero attached hydrogens (tertiary/aromatic N) is 3. The van der Waals surface area contributed by atoms with Crippen molar-refractivity contribution in [3.63, 3.8) is 0 Å². The van der Waals surface area contributed by atoms with Crippen molar-refractivity contribution in [3.8, 4) is 11.3 Å². The number of H-pyrrole nitrogens is 1. The van der Waals surface area contributed by atoms with Crippen molar-refractivity contribution in [1.29, 1.82) is 0 Å². The fraction of sp³-hybridized carbons (Fsp3) is 0.370. The van der Waals surface area contributed by atoms with Crippen LogP contribution >= 0.6 is 0 Å². The Kier molecular flexibility index (Phi) is 4.91. The predicted molar refractivity (Wildman–Crippen MR) is 129 cm³/mol. The van der Waals surface area contributed by atoms with Crippen molar-refractivity contribution < 1.29 is 9.53 Å². The summed E-state index contributed by atoms with van der Waals surface area (Å²) in [6.07, 6.45) is 6.52. The number of aromatic amines is 1. The molecule has 6 nitrogen and oxygen atoms in total. The Labute approximate surface area is 193 Å². The zero-order valence-electron chi connectivity index (χ0n) is 19.1. The summed E-state index contributed by atoms with van der Waals surface area (Å²) in [5, 5.41) is 9.74. The van der Waals surface area contributed by atoms with Crippen LogP contribution in [0.5, 0.6) is 0 Å². The summed E-state index contributed by atoms with van der Waals surface area (Å²) in [5.41, 5.74) is 7.66. The molecule has 2 aromatic carbocycles. The number of amides is 1. The number of nitrogens with one attached hydrogen (secondary N) is 1. The normalized spacial score (nSPS) is 20.8. The SMILES string of the molecule is C[C@@H]1CN(C(=O)c2ccc(-c3nc4ccc5[nH]ncc5c4c4c3CCCC4)cc2)C[C@H](C)O1. The van der Waals surface area contributed by atoms with Gasteiger partial charge in [-0.25, -0.2) is 4.98 Å². The Hall–Kier alpha value is -3.25. The molecule has 1 saturated heterocycles. The molecule has 0 radical (unpaired) electrons. The van der Waals surface area contributed by atoms with Gasteiger partial charge in [0.25, 0.3) is 5.91 Å². The van der Waals surface area contributed by atoms with Crippen LogP contribution in [0.3, 0.4) is 0 Å². The maximum Gasteiger partial charge on any atom is 0.254 e. The zero-order valence-corrected chi connectivity index (χ0v) is 19.1. The maximum atomic E-state index is 13.1. The van der Waals surface area contributed by atoms with Gasteiger partial charge in [-0.1, -0.05) is 12.1 Å². The highest BCUT2D eigenvalue weighted by atomic mass is 16.5. The number of hydrogen-bond acceptors (Lipinski definition) is 4. The number of hydrogen-bond donors (Lipinski definition) is 1. The van der Waals surface area contributed by atoms with Crippen LogP contribution in [0.1, 0.15) is 48.2 Å². The molecule has 0 spiro atoms. The average Bonchev–Trinajstić information content (AvgIpc) is 3.31. The Balaban J connectivity index is 1.40. The number of aromatic nitrogens is 3. The van der Waals surface area contributed by atoms with Gasteiger partial charge >= 0.3 is 0 Å². The molecule has 1 amide bonds. The smallest absolute Gasteiger partial charge is 0.254 e. The number of rotatable bonds is 2. The molecular formula is C27H28N4O2. The molecule has 1 aliphatic carbocycles. The number of fused-ring (bicyclic) bond motifs is 5. The molecule has 4 aromatic rings. The number of pyridine rings is 1. The summed E-state index contributed by atoms with van der Waals surface area (Å²) in [7, 11) is 0. The van der Waals surface area contributed by atoms with Gasteiger partial charge in [-0.05, 0) is 74.9 Å². The van der Waals surface area contributed by atoms with Crippen molar-refractivity contribution in [1.82, 2.24) is 20.1 Å². The lowest BCUT2D eigenvalue weighted by atomic mass is 9.85. The van der Waals surface area contributed by atoms with Crippen LogP contribution in [0.15, 0.2) is 42.6 Å². The monoisotopic (exact) mass is 440 g/mol. The highest BCUT2D eigenvalue weighted by molar-refractivity contribution is 6.07. The van der Waals surface area contributed by atoms with Crippen LogP contribution < -0.4 is 0 Å². The van der Waals surface area contributed by atoms with Crippen molar-refractivity contribution >= 4 is 27.7 Å². The van der Waals surface area contributed by atoms with E-state index in [1.54, 1.807) is 0 Å². The zero-order chi connectivity index (χ0) is 22.5. The van der Waals surface area contributed by atoms with Crippen LogP contribution in [-0.4, -0.2) is 51.3 Å². The molecule has 168 valence electrons. The first-order chi connectivity index (χ1) is 16.1. The minimum Gasteiger partial charge on any atom is -0.372 e. The first-order valence-corrected chi connectivity index (χ1v) is 11.9. The van der Waals surface area contributed by atoms with E-state index in [2.05, 4.69) is 34.5 Å². The standard InChI is InChI=1S/C27H28N4O2/c1-16-14-31(15-17(2)33-16)27(32)19-9-7-18(8-10-19)26-21-6-4-3-5-20(21)25-22-13-28-30-23(22)11-12-24(25)29-26/h7-13,16-17H,3-6,14-15H2,1-2H3,(H,28,30)/t16-,17+. The highest BCUT2D eigenvalue weighted by Crippen LogP contribution is 2.37. The Morgan fingerprint density at radius 2 is 1.73 bits per heavy atom. The van der Waals surface area contributed by atoms with Crippen LogP contribution in [-0.2, 0) is 17.6 Å². The summed E-state index contributed by atoms with van der Waals surface area (Å²) >= 11 is 0. The fourth-order valence-electron chi connectivity index (χ4n) is 5.58. The lowest BCUT2D eigenvalue weighted by Gasteiger charge is -2.35. The number of carbonyl (C=O) groups excluding carboxylic acids is 1. The van der Waals surface area contributed by atoms with E-state index in [1.807, 2.05) is 37.1 Å². The summed E-state index contributed by atoms with van der Waals surface area (Å²) in [5.74, 6) is 0.0689. The van der Waals surface area contributed by atoms with Crippen LogP contribution in [0.25, 0.3) is 33.1 Å². The molecule has 1 fully saturated rings. The molecule has 0 saturated carbocycles. The summed E-state index contributed by atoms with van der Waals surface area (Å²) in [6, 6.07) is 12.2. The molecule has 33 heavy (non-hydrogen) atoms. The molecule has 0 unspecified atom stereocenters. The number of carbonyl (C=O) groups is 1. The Morgan fingerprint density at radius 3 is 2.48 bits per heavy atom. The Morgan fingerprint density at radius 1 is 1.00 bits per heavy atom. The van der Waals surface area contributed by atoms with Crippen molar-refractivity contribution in [2.75, 3.05) is 13.1 Å². The molecule has 1 aliphatic heterocycles. The van der Waals surface area contributed by atoms with Crippen LogP contribution in [0.4, 0.5) is 0 Å².